The van der Waals surface area contributed by atoms with Crippen molar-refractivity contribution >= 4 is 27.3 Å². The van der Waals surface area contributed by atoms with Crippen LogP contribution < -0.4 is 9.46 Å². The van der Waals surface area contributed by atoms with Gasteiger partial charge in [-0.15, -0.1) is 0 Å². The highest BCUT2D eigenvalue weighted by Crippen LogP contribution is 2.33. The fraction of sp³-hybridized carbons (Fsp3) is 0.389. The van der Waals surface area contributed by atoms with E-state index in [4.69, 9.17) is 4.74 Å². The average Bonchev–Trinajstić information content (AvgIpc) is 3.31. The van der Waals surface area contributed by atoms with Crippen LogP contribution in [0.2, 0.25) is 0 Å². The average molecular weight is 395 g/mol. The first-order valence-corrected chi connectivity index (χ1v) is 10.8. The van der Waals surface area contributed by atoms with Crippen LogP contribution in [0.25, 0.3) is 0 Å². The van der Waals surface area contributed by atoms with Crippen molar-refractivity contribution in [2.45, 2.75) is 36.7 Å². The molecular weight excluding hydrogens is 372 g/mol. The van der Waals surface area contributed by atoms with Crippen LogP contribution in [0.15, 0.2) is 46.0 Å². The van der Waals surface area contributed by atoms with Crippen molar-refractivity contribution in [3.63, 3.8) is 0 Å². The molecule has 0 aliphatic carbocycles. The van der Waals surface area contributed by atoms with Crippen molar-refractivity contribution in [1.29, 1.82) is 0 Å². The maximum atomic E-state index is 12.8. The van der Waals surface area contributed by atoms with E-state index in [9.17, 15) is 13.2 Å². The summed E-state index contributed by atoms with van der Waals surface area (Å²) in [6.45, 7) is 2.24. The van der Waals surface area contributed by atoms with E-state index >= 15 is 0 Å². The maximum absolute atomic E-state index is 12.8. The second-order valence-electron chi connectivity index (χ2n) is 6.26. The minimum atomic E-state index is -3.78. The summed E-state index contributed by atoms with van der Waals surface area (Å²) in [5.41, 5.74) is 1.12. The highest BCUT2D eigenvalue weighted by Gasteiger charge is 2.34. The van der Waals surface area contributed by atoms with Gasteiger partial charge in [-0.1, -0.05) is 0 Å². The summed E-state index contributed by atoms with van der Waals surface area (Å²) in [5.74, 6) is 0.375. The van der Waals surface area contributed by atoms with Gasteiger partial charge >= 0.3 is 0 Å². The second-order valence-corrected chi connectivity index (χ2v) is 8.76. The standard InChI is InChI=1S/C18H22N2O4S2/c1-13(19-26(22,23)16-7-5-15(24-2)6-8-16)18(21)20-10-3-4-17(20)14-9-11-25-12-14/h5-9,11-13,17,19H,3-4,10H2,1-2H3/t13-,17+/m0/s1. The van der Waals surface area contributed by atoms with Crippen molar-refractivity contribution < 1.29 is 17.9 Å². The Balaban J connectivity index is 1.71. The number of ether oxygens (including phenoxy) is 1. The van der Waals surface area contributed by atoms with E-state index in [-0.39, 0.29) is 16.8 Å². The summed E-state index contributed by atoms with van der Waals surface area (Å²) in [6, 6.07) is 7.29. The molecule has 1 aliphatic heterocycles. The molecular formula is C18H22N2O4S2. The van der Waals surface area contributed by atoms with E-state index in [0.717, 1.165) is 18.4 Å². The number of amides is 1. The van der Waals surface area contributed by atoms with E-state index < -0.39 is 16.1 Å². The number of likely N-dealkylation sites (tertiary alicyclic amines) is 1. The molecule has 1 amide bonds. The molecule has 1 aromatic heterocycles. The Kier molecular flexibility index (Phi) is 5.64. The van der Waals surface area contributed by atoms with Crippen LogP contribution in [0.3, 0.4) is 0 Å². The van der Waals surface area contributed by atoms with Gasteiger partial charge in [0.15, 0.2) is 0 Å². The molecule has 2 atom stereocenters. The number of hydrogen-bond acceptors (Lipinski definition) is 5. The van der Waals surface area contributed by atoms with E-state index in [1.807, 2.05) is 16.8 Å². The first kappa shape index (κ1) is 18.9. The molecule has 6 nitrogen and oxygen atoms in total. The lowest BCUT2D eigenvalue weighted by atomic mass is 10.1. The fourth-order valence-corrected chi connectivity index (χ4v) is 5.10. The largest absolute Gasteiger partial charge is 0.497 e. The zero-order valence-electron chi connectivity index (χ0n) is 14.7. The molecule has 1 fully saturated rings. The third kappa shape index (κ3) is 3.92. The first-order valence-electron chi connectivity index (χ1n) is 8.41. The number of carbonyl (C=O) groups excluding carboxylic acids is 1. The van der Waals surface area contributed by atoms with Gasteiger partial charge < -0.3 is 9.64 Å². The Hall–Kier alpha value is -1.90. The van der Waals surface area contributed by atoms with E-state index in [2.05, 4.69) is 4.72 Å². The number of sulfonamides is 1. The van der Waals surface area contributed by atoms with Crippen molar-refractivity contribution in [3.8, 4) is 5.75 Å². The number of carbonyl (C=O) groups is 1. The smallest absolute Gasteiger partial charge is 0.241 e. The molecule has 1 aliphatic rings. The van der Waals surface area contributed by atoms with Gasteiger partial charge in [-0.25, -0.2) is 8.42 Å². The van der Waals surface area contributed by atoms with E-state index in [1.54, 1.807) is 35.3 Å². The van der Waals surface area contributed by atoms with Crippen molar-refractivity contribution in [2.75, 3.05) is 13.7 Å². The summed E-state index contributed by atoms with van der Waals surface area (Å²) >= 11 is 1.60. The second kappa shape index (κ2) is 7.77. The van der Waals surface area contributed by atoms with Gasteiger partial charge in [-0.2, -0.15) is 16.1 Å². The van der Waals surface area contributed by atoms with Crippen LogP contribution in [0.5, 0.6) is 5.75 Å². The third-order valence-electron chi connectivity index (χ3n) is 4.54. The van der Waals surface area contributed by atoms with Gasteiger partial charge in [-0.05, 0) is 66.4 Å². The quantitative estimate of drug-likeness (QED) is 0.817. The molecule has 3 rings (SSSR count). The Bertz CT molecular complexity index is 848. The molecule has 0 radical (unpaired) electrons. The fourth-order valence-electron chi connectivity index (χ4n) is 3.20. The van der Waals surface area contributed by atoms with Gasteiger partial charge in [0.1, 0.15) is 5.75 Å². The summed E-state index contributed by atoms with van der Waals surface area (Å²) in [5, 5.41) is 4.04. The van der Waals surface area contributed by atoms with Gasteiger partial charge in [0.25, 0.3) is 0 Å². The van der Waals surface area contributed by atoms with Crippen molar-refractivity contribution in [3.05, 3.63) is 46.7 Å². The van der Waals surface area contributed by atoms with Crippen molar-refractivity contribution in [2.24, 2.45) is 0 Å². The van der Waals surface area contributed by atoms with Crippen LogP contribution in [0.4, 0.5) is 0 Å². The monoisotopic (exact) mass is 394 g/mol. The van der Waals surface area contributed by atoms with Crippen LogP contribution in [-0.2, 0) is 14.8 Å². The van der Waals surface area contributed by atoms with E-state index in [0.29, 0.717) is 12.3 Å². The van der Waals surface area contributed by atoms with Gasteiger partial charge in [-0.3, -0.25) is 4.79 Å². The first-order chi connectivity index (χ1) is 12.4. The lowest BCUT2D eigenvalue weighted by Gasteiger charge is -2.27. The normalized spacial score (nSPS) is 18.7. The number of benzene rings is 1. The molecule has 140 valence electrons. The van der Waals surface area contributed by atoms with Crippen LogP contribution in [0, 0.1) is 0 Å². The molecule has 8 heteroatoms. The number of nitrogens with one attached hydrogen (secondary N) is 1. The minimum absolute atomic E-state index is 0.0293. The number of hydrogen-bond donors (Lipinski definition) is 1. The highest BCUT2D eigenvalue weighted by atomic mass is 32.2. The molecule has 0 saturated carbocycles. The summed E-state index contributed by atoms with van der Waals surface area (Å²) < 4.78 is 32.6. The number of thiophene rings is 1. The van der Waals surface area contributed by atoms with E-state index in [1.165, 1.54) is 19.2 Å². The molecule has 1 saturated heterocycles. The molecule has 1 N–H and O–H groups in total. The lowest BCUT2D eigenvalue weighted by molar-refractivity contribution is -0.133. The lowest BCUT2D eigenvalue weighted by Crippen LogP contribution is -2.46. The third-order valence-corrected chi connectivity index (χ3v) is 6.79. The summed E-state index contributed by atoms with van der Waals surface area (Å²) in [7, 11) is -2.27. The molecule has 2 aromatic rings. The minimum Gasteiger partial charge on any atom is -0.497 e. The Morgan fingerprint density at radius 3 is 2.65 bits per heavy atom. The number of methoxy groups -OCH3 is 1. The molecule has 1 aromatic carbocycles. The van der Waals surface area contributed by atoms with Crippen molar-refractivity contribution in [1.82, 2.24) is 9.62 Å². The highest BCUT2D eigenvalue weighted by molar-refractivity contribution is 7.89. The van der Waals surface area contributed by atoms with Gasteiger partial charge in [0.05, 0.1) is 24.1 Å². The predicted octanol–water partition coefficient (Wildman–Crippen LogP) is 2.79. The zero-order chi connectivity index (χ0) is 18.7. The zero-order valence-corrected chi connectivity index (χ0v) is 16.3. The Labute approximate surface area is 157 Å². The predicted molar refractivity (Wildman–Crippen MR) is 101 cm³/mol. The molecule has 0 spiro atoms. The maximum Gasteiger partial charge on any atom is 0.241 e. The Morgan fingerprint density at radius 2 is 2.04 bits per heavy atom. The van der Waals surface area contributed by atoms with Gasteiger partial charge in [0.2, 0.25) is 15.9 Å². The van der Waals surface area contributed by atoms with Crippen LogP contribution in [-0.4, -0.2) is 38.9 Å². The summed E-state index contributed by atoms with van der Waals surface area (Å²) in [6.07, 6.45) is 1.82. The molecule has 0 bridgehead atoms. The van der Waals surface area contributed by atoms with Crippen LogP contribution in [0.1, 0.15) is 31.4 Å². The topological polar surface area (TPSA) is 75.7 Å². The summed E-state index contributed by atoms with van der Waals surface area (Å²) in [4.78, 5) is 14.7. The SMILES string of the molecule is COc1ccc(S(=O)(=O)N[C@@H](C)C(=O)N2CCC[C@@H]2c2ccsc2)cc1. The van der Waals surface area contributed by atoms with Gasteiger partial charge in [0, 0.05) is 6.54 Å². The number of rotatable bonds is 6. The Morgan fingerprint density at radius 1 is 1.31 bits per heavy atom. The number of nitrogens with zero attached hydrogens (tertiary/aromatic N) is 1. The van der Waals surface area contributed by atoms with Crippen LogP contribution >= 0.6 is 11.3 Å². The molecule has 26 heavy (non-hydrogen) atoms. The molecule has 0 unspecified atom stereocenters. The molecule has 2 heterocycles.